The van der Waals surface area contributed by atoms with Crippen molar-refractivity contribution in [1.29, 1.82) is 0 Å². The number of piperazine rings is 1. The van der Waals surface area contributed by atoms with E-state index >= 15 is 0 Å². The number of nitrogens with one attached hydrogen (secondary N) is 2. The van der Waals surface area contributed by atoms with Gasteiger partial charge in [0.1, 0.15) is 0 Å². The first-order chi connectivity index (χ1) is 10.8. The van der Waals surface area contributed by atoms with Crippen molar-refractivity contribution in [3.05, 3.63) is 48.0 Å². The Hall–Kier alpha value is -1.91. The second-order valence-electron chi connectivity index (χ2n) is 5.80. The van der Waals surface area contributed by atoms with Crippen LogP contribution in [0, 0.1) is 0 Å². The van der Waals surface area contributed by atoms with Crippen LogP contribution in [-0.4, -0.2) is 50.1 Å². The van der Waals surface area contributed by atoms with Crippen LogP contribution in [0.1, 0.15) is 5.56 Å². The van der Waals surface area contributed by atoms with Crippen molar-refractivity contribution >= 4 is 16.7 Å². The summed E-state index contributed by atoms with van der Waals surface area (Å²) in [6, 6.07) is 14.5. The molecule has 1 fully saturated rings. The summed E-state index contributed by atoms with van der Waals surface area (Å²) < 4.78 is 0. The zero-order valence-electron chi connectivity index (χ0n) is 12.8. The normalized spacial score (nSPS) is 15.8. The largest absolute Gasteiger partial charge is 0.355 e. The van der Waals surface area contributed by atoms with E-state index in [-0.39, 0.29) is 5.91 Å². The smallest absolute Gasteiger partial charge is 0.224 e. The van der Waals surface area contributed by atoms with Crippen LogP contribution < -0.4 is 10.6 Å². The van der Waals surface area contributed by atoms with E-state index in [1.54, 1.807) is 0 Å². The van der Waals surface area contributed by atoms with Gasteiger partial charge in [0, 0.05) is 39.3 Å². The minimum absolute atomic E-state index is 0.102. The molecule has 4 heteroatoms. The molecule has 2 N–H and O–H groups in total. The lowest BCUT2D eigenvalue weighted by molar-refractivity contribution is -0.120. The summed E-state index contributed by atoms with van der Waals surface area (Å²) in [7, 11) is 0. The third-order valence-corrected chi connectivity index (χ3v) is 4.14. The predicted molar refractivity (Wildman–Crippen MR) is 90.0 cm³/mol. The first kappa shape index (κ1) is 15.0. The Balaban J connectivity index is 1.47. The van der Waals surface area contributed by atoms with E-state index in [0.717, 1.165) is 44.8 Å². The molecule has 1 heterocycles. The number of rotatable bonds is 5. The quantitative estimate of drug-likeness (QED) is 0.877. The van der Waals surface area contributed by atoms with Gasteiger partial charge in [0.15, 0.2) is 0 Å². The highest BCUT2D eigenvalue weighted by molar-refractivity contribution is 5.85. The van der Waals surface area contributed by atoms with Crippen molar-refractivity contribution in [2.24, 2.45) is 0 Å². The van der Waals surface area contributed by atoms with Crippen molar-refractivity contribution in [3.8, 4) is 0 Å². The van der Waals surface area contributed by atoms with E-state index in [1.165, 1.54) is 10.8 Å². The molecule has 3 rings (SSSR count). The highest BCUT2D eigenvalue weighted by atomic mass is 16.1. The SMILES string of the molecule is O=C(Cc1ccc2ccccc2c1)NCCN1CCNCC1. The summed E-state index contributed by atoms with van der Waals surface area (Å²) in [6.07, 6.45) is 0.451. The van der Waals surface area contributed by atoms with Crippen LogP contribution in [-0.2, 0) is 11.2 Å². The van der Waals surface area contributed by atoms with Gasteiger partial charge in [-0.15, -0.1) is 0 Å². The fraction of sp³-hybridized carbons (Fsp3) is 0.389. The maximum Gasteiger partial charge on any atom is 0.224 e. The maximum atomic E-state index is 12.0. The summed E-state index contributed by atoms with van der Waals surface area (Å²) in [6.45, 7) is 5.90. The molecule has 0 atom stereocenters. The average Bonchev–Trinajstić information content (AvgIpc) is 2.56. The molecule has 0 saturated carbocycles. The van der Waals surface area contributed by atoms with E-state index < -0.39 is 0 Å². The van der Waals surface area contributed by atoms with Gasteiger partial charge >= 0.3 is 0 Å². The van der Waals surface area contributed by atoms with E-state index in [9.17, 15) is 4.79 Å². The molecule has 4 nitrogen and oxygen atoms in total. The minimum Gasteiger partial charge on any atom is -0.355 e. The minimum atomic E-state index is 0.102. The highest BCUT2D eigenvalue weighted by Crippen LogP contribution is 2.15. The standard InChI is InChI=1S/C18H23N3O/c22-18(20-9-12-21-10-7-19-8-11-21)14-15-5-6-16-3-1-2-4-17(16)13-15/h1-6,13,19H,7-12,14H2,(H,20,22). The lowest BCUT2D eigenvalue weighted by Crippen LogP contribution is -2.46. The Morgan fingerprint density at radius 3 is 2.68 bits per heavy atom. The van der Waals surface area contributed by atoms with Crippen LogP contribution >= 0.6 is 0 Å². The molecule has 1 amide bonds. The molecule has 0 spiro atoms. The van der Waals surface area contributed by atoms with Crippen LogP contribution in [0.2, 0.25) is 0 Å². The van der Waals surface area contributed by atoms with Gasteiger partial charge in [0.05, 0.1) is 6.42 Å². The third-order valence-electron chi connectivity index (χ3n) is 4.14. The van der Waals surface area contributed by atoms with Crippen LogP contribution in [0.15, 0.2) is 42.5 Å². The molecule has 1 saturated heterocycles. The Kier molecular flexibility index (Phi) is 5.03. The van der Waals surface area contributed by atoms with Crippen LogP contribution in [0.5, 0.6) is 0 Å². The number of hydrogen-bond acceptors (Lipinski definition) is 3. The molecular formula is C18H23N3O. The molecule has 1 aliphatic rings. The number of nitrogens with zero attached hydrogens (tertiary/aromatic N) is 1. The van der Waals surface area contributed by atoms with E-state index in [0.29, 0.717) is 6.42 Å². The fourth-order valence-corrected chi connectivity index (χ4v) is 2.88. The van der Waals surface area contributed by atoms with Gasteiger partial charge in [-0.25, -0.2) is 0 Å². The van der Waals surface area contributed by atoms with Crippen LogP contribution in [0.25, 0.3) is 10.8 Å². The summed E-state index contributed by atoms with van der Waals surface area (Å²) in [5, 5.41) is 8.76. The first-order valence-electron chi connectivity index (χ1n) is 7.99. The van der Waals surface area contributed by atoms with Crippen molar-refractivity contribution in [1.82, 2.24) is 15.5 Å². The van der Waals surface area contributed by atoms with Crippen molar-refractivity contribution in [2.45, 2.75) is 6.42 Å². The van der Waals surface area contributed by atoms with E-state index in [4.69, 9.17) is 0 Å². The second-order valence-corrected chi connectivity index (χ2v) is 5.80. The van der Waals surface area contributed by atoms with Gasteiger partial charge in [0.2, 0.25) is 5.91 Å². The van der Waals surface area contributed by atoms with E-state index in [2.05, 4.69) is 39.8 Å². The monoisotopic (exact) mass is 297 g/mol. The fourth-order valence-electron chi connectivity index (χ4n) is 2.88. The summed E-state index contributed by atoms with van der Waals surface area (Å²) in [4.78, 5) is 14.4. The number of fused-ring (bicyclic) bond motifs is 1. The van der Waals surface area contributed by atoms with Gasteiger partial charge in [-0.2, -0.15) is 0 Å². The molecule has 0 aromatic heterocycles. The molecule has 22 heavy (non-hydrogen) atoms. The molecule has 0 bridgehead atoms. The predicted octanol–water partition coefficient (Wildman–Crippen LogP) is 1.40. The first-order valence-corrected chi connectivity index (χ1v) is 7.99. The van der Waals surface area contributed by atoms with Gasteiger partial charge in [0.25, 0.3) is 0 Å². The van der Waals surface area contributed by atoms with E-state index in [1.807, 2.05) is 18.2 Å². The lowest BCUT2D eigenvalue weighted by atomic mass is 10.1. The zero-order valence-corrected chi connectivity index (χ0v) is 12.8. The summed E-state index contributed by atoms with van der Waals surface area (Å²) >= 11 is 0. The Morgan fingerprint density at radius 2 is 1.86 bits per heavy atom. The molecule has 1 aliphatic heterocycles. The van der Waals surface area contributed by atoms with Gasteiger partial charge in [-0.05, 0) is 16.3 Å². The molecule has 2 aromatic rings. The Bertz CT molecular complexity index is 635. The number of benzene rings is 2. The number of carbonyl (C=O) groups excluding carboxylic acids is 1. The second kappa shape index (κ2) is 7.38. The summed E-state index contributed by atoms with van der Waals surface area (Å²) in [5.74, 6) is 0.102. The van der Waals surface area contributed by atoms with Gasteiger partial charge in [-0.1, -0.05) is 42.5 Å². The highest BCUT2D eigenvalue weighted by Gasteiger charge is 2.09. The van der Waals surface area contributed by atoms with Crippen molar-refractivity contribution in [3.63, 3.8) is 0 Å². The van der Waals surface area contributed by atoms with Gasteiger partial charge in [-0.3, -0.25) is 9.69 Å². The lowest BCUT2D eigenvalue weighted by Gasteiger charge is -2.27. The number of amides is 1. The Labute approximate surface area is 131 Å². The van der Waals surface area contributed by atoms with Crippen LogP contribution in [0.4, 0.5) is 0 Å². The molecule has 2 aromatic carbocycles. The summed E-state index contributed by atoms with van der Waals surface area (Å²) in [5.41, 5.74) is 1.07. The average molecular weight is 297 g/mol. The van der Waals surface area contributed by atoms with Crippen LogP contribution in [0.3, 0.4) is 0 Å². The van der Waals surface area contributed by atoms with Crippen molar-refractivity contribution in [2.75, 3.05) is 39.3 Å². The molecule has 116 valence electrons. The Morgan fingerprint density at radius 1 is 1.09 bits per heavy atom. The maximum absolute atomic E-state index is 12.0. The number of carbonyl (C=O) groups is 1. The molecule has 0 aliphatic carbocycles. The topological polar surface area (TPSA) is 44.4 Å². The van der Waals surface area contributed by atoms with Crippen molar-refractivity contribution < 1.29 is 4.79 Å². The molecule has 0 unspecified atom stereocenters. The zero-order chi connectivity index (χ0) is 15.2. The molecular weight excluding hydrogens is 274 g/mol. The van der Waals surface area contributed by atoms with Gasteiger partial charge < -0.3 is 10.6 Å². The third kappa shape index (κ3) is 4.06. The number of hydrogen-bond donors (Lipinski definition) is 2. The molecule has 0 radical (unpaired) electrons.